The first-order valence-electron chi connectivity index (χ1n) is 10.1. The fourth-order valence-electron chi connectivity index (χ4n) is 3.13. The number of nitrogens with zero attached hydrogens (tertiary/aromatic N) is 2. The number of H-pyrrole nitrogens is 1. The van der Waals surface area contributed by atoms with Crippen LogP contribution in [-0.4, -0.2) is 42.3 Å². The minimum absolute atomic E-state index is 0.0438. The molecule has 1 unspecified atom stereocenters. The van der Waals surface area contributed by atoms with Gasteiger partial charge in [0.2, 0.25) is 5.91 Å². The molecule has 1 aromatic heterocycles. The van der Waals surface area contributed by atoms with Crippen LogP contribution in [-0.2, 0) is 16.1 Å². The molecular weight excluding hydrogens is 422 g/mol. The number of aromatic nitrogens is 2. The number of aromatic amines is 1. The number of carbonyl (C=O) groups is 1. The van der Waals surface area contributed by atoms with Crippen molar-refractivity contribution in [2.45, 2.75) is 33.4 Å². The number of nitrogens with one attached hydrogen (secondary N) is 2. The van der Waals surface area contributed by atoms with Gasteiger partial charge in [-0.25, -0.2) is 4.79 Å². The average Bonchev–Trinajstić information content (AvgIpc) is 2.71. The minimum atomic E-state index is -0.710. The highest BCUT2D eigenvalue weighted by Crippen LogP contribution is 2.19. The van der Waals surface area contributed by atoms with E-state index in [1.807, 2.05) is 32.9 Å². The number of hydrogen-bond donors (Lipinski definition) is 3. The van der Waals surface area contributed by atoms with E-state index in [-0.39, 0.29) is 49.1 Å². The Bertz CT molecular complexity index is 1000. The van der Waals surface area contributed by atoms with Crippen molar-refractivity contribution in [3.8, 4) is 0 Å². The molecule has 1 atom stereocenters. The van der Waals surface area contributed by atoms with Crippen molar-refractivity contribution in [3.63, 3.8) is 0 Å². The zero-order valence-electron chi connectivity index (χ0n) is 18.3. The van der Waals surface area contributed by atoms with Crippen molar-refractivity contribution in [1.29, 1.82) is 0 Å². The number of methoxy groups -OCH3 is 1. The van der Waals surface area contributed by atoms with Crippen molar-refractivity contribution in [2.24, 2.45) is 5.92 Å². The fraction of sp³-hybridized carbons (Fsp3) is 0.476. The van der Waals surface area contributed by atoms with Gasteiger partial charge in [0, 0.05) is 31.3 Å². The van der Waals surface area contributed by atoms with Gasteiger partial charge in [-0.2, -0.15) is 0 Å². The number of hydrogen-bond acceptors (Lipinski definition) is 6. The van der Waals surface area contributed by atoms with E-state index in [1.165, 1.54) is 16.6 Å². The van der Waals surface area contributed by atoms with Gasteiger partial charge in [0.25, 0.3) is 5.56 Å². The Hall–Kier alpha value is -2.62. The van der Waals surface area contributed by atoms with E-state index in [0.717, 1.165) is 5.56 Å². The van der Waals surface area contributed by atoms with Crippen LogP contribution in [0.2, 0.25) is 5.02 Å². The number of anilines is 2. The van der Waals surface area contributed by atoms with Crippen molar-refractivity contribution in [2.75, 3.05) is 37.4 Å². The largest absolute Gasteiger partial charge is 0.383 e. The molecule has 9 nitrogen and oxygen atoms in total. The molecule has 2 aromatic rings. The van der Waals surface area contributed by atoms with Crippen LogP contribution in [0, 0.1) is 5.92 Å². The van der Waals surface area contributed by atoms with Crippen molar-refractivity contribution >= 4 is 29.0 Å². The first-order chi connectivity index (χ1) is 14.6. The van der Waals surface area contributed by atoms with Crippen molar-refractivity contribution in [3.05, 3.63) is 55.7 Å². The quantitative estimate of drug-likeness (QED) is 0.506. The van der Waals surface area contributed by atoms with Crippen LogP contribution in [0.3, 0.4) is 0 Å². The molecule has 10 heteroatoms. The predicted octanol–water partition coefficient (Wildman–Crippen LogP) is 1.76. The molecule has 4 N–H and O–H groups in total. The number of benzene rings is 1. The highest BCUT2D eigenvalue weighted by molar-refractivity contribution is 6.30. The molecule has 0 saturated heterocycles. The summed E-state index contributed by atoms with van der Waals surface area (Å²) in [6.45, 7) is 6.33. The number of halogens is 1. The van der Waals surface area contributed by atoms with E-state index in [2.05, 4.69) is 10.3 Å². The summed E-state index contributed by atoms with van der Waals surface area (Å²) >= 11 is 5.92. The van der Waals surface area contributed by atoms with E-state index in [0.29, 0.717) is 11.6 Å². The van der Waals surface area contributed by atoms with E-state index >= 15 is 0 Å². The lowest BCUT2D eigenvalue weighted by molar-refractivity contribution is -0.118. The number of ether oxygens (including phenoxy) is 1. The predicted molar refractivity (Wildman–Crippen MR) is 123 cm³/mol. The summed E-state index contributed by atoms with van der Waals surface area (Å²) in [5.74, 6) is -0.300. The van der Waals surface area contributed by atoms with Crippen LogP contribution in [0.4, 0.5) is 11.5 Å². The maximum absolute atomic E-state index is 13.1. The minimum Gasteiger partial charge on any atom is -0.383 e. The third-order valence-electron chi connectivity index (χ3n) is 4.78. The van der Waals surface area contributed by atoms with Gasteiger partial charge in [-0.15, -0.1) is 0 Å². The van der Waals surface area contributed by atoms with E-state index < -0.39 is 11.2 Å². The lowest BCUT2D eigenvalue weighted by Gasteiger charge is -2.25. The first-order valence-corrected chi connectivity index (χ1v) is 10.4. The van der Waals surface area contributed by atoms with Crippen LogP contribution >= 0.6 is 11.6 Å². The molecule has 0 aliphatic carbocycles. The molecule has 0 spiro atoms. The second kappa shape index (κ2) is 11.1. The standard InChI is InChI=1S/C21H30ClN5O4/c1-13(2)12-27-19(23)18(20(29)25-21(27)30)26(9-10-31-4)17(28)11-24-14(3)15-5-7-16(22)8-6-15/h5-8,13-14,24H,9-12,23H2,1-4H3,(H,25,29,30). The number of amides is 1. The van der Waals surface area contributed by atoms with E-state index in [4.69, 9.17) is 22.1 Å². The topological polar surface area (TPSA) is 122 Å². The molecule has 170 valence electrons. The van der Waals surface area contributed by atoms with Crippen LogP contribution in [0.15, 0.2) is 33.9 Å². The third-order valence-corrected chi connectivity index (χ3v) is 5.03. The van der Waals surface area contributed by atoms with Crippen LogP contribution in [0.25, 0.3) is 0 Å². The molecule has 0 aliphatic rings. The van der Waals surface area contributed by atoms with Gasteiger partial charge in [-0.1, -0.05) is 37.6 Å². The average molecular weight is 452 g/mol. The highest BCUT2D eigenvalue weighted by atomic mass is 35.5. The molecule has 1 heterocycles. The summed E-state index contributed by atoms with van der Waals surface area (Å²) in [6, 6.07) is 7.17. The van der Waals surface area contributed by atoms with Gasteiger partial charge in [0.1, 0.15) is 5.82 Å². The number of rotatable bonds is 10. The Morgan fingerprint density at radius 1 is 1.26 bits per heavy atom. The second-order valence-corrected chi connectivity index (χ2v) is 8.13. The van der Waals surface area contributed by atoms with Gasteiger partial charge in [0.15, 0.2) is 5.69 Å². The molecule has 0 bridgehead atoms. The summed E-state index contributed by atoms with van der Waals surface area (Å²) in [7, 11) is 1.50. The Balaban J connectivity index is 2.30. The zero-order chi connectivity index (χ0) is 23.1. The molecule has 31 heavy (non-hydrogen) atoms. The summed E-state index contributed by atoms with van der Waals surface area (Å²) in [5, 5.41) is 3.77. The smallest absolute Gasteiger partial charge is 0.330 e. The van der Waals surface area contributed by atoms with Gasteiger partial charge >= 0.3 is 5.69 Å². The normalized spacial score (nSPS) is 12.2. The zero-order valence-corrected chi connectivity index (χ0v) is 19.0. The maximum Gasteiger partial charge on any atom is 0.330 e. The molecule has 0 fully saturated rings. The second-order valence-electron chi connectivity index (χ2n) is 7.69. The van der Waals surface area contributed by atoms with Gasteiger partial charge in [-0.3, -0.25) is 19.1 Å². The van der Waals surface area contributed by atoms with Gasteiger partial charge < -0.3 is 20.7 Å². The third kappa shape index (κ3) is 6.43. The Morgan fingerprint density at radius 2 is 1.90 bits per heavy atom. The lowest BCUT2D eigenvalue weighted by atomic mass is 10.1. The first kappa shape index (κ1) is 24.6. The van der Waals surface area contributed by atoms with Crippen molar-refractivity contribution in [1.82, 2.24) is 14.9 Å². The van der Waals surface area contributed by atoms with Crippen molar-refractivity contribution < 1.29 is 9.53 Å². The maximum atomic E-state index is 13.1. The Morgan fingerprint density at radius 3 is 2.48 bits per heavy atom. The SMILES string of the molecule is COCCN(C(=O)CNC(C)c1ccc(Cl)cc1)c1c(N)n(CC(C)C)c(=O)[nH]c1=O. The summed E-state index contributed by atoms with van der Waals surface area (Å²) in [5.41, 5.74) is 5.78. The summed E-state index contributed by atoms with van der Waals surface area (Å²) in [4.78, 5) is 41.4. The van der Waals surface area contributed by atoms with Crippen LogP contribution < -0.4 is 27.2 Å². The molecule has 1 aromatic carbocycles. The molecule has 1 amide bonds. The fourth-order valence-corrected chi connectivity index (χ4v) is 3.26. The monoisotopic (exact) mass is 451 g/mol. The van der Waals surface area contributed by atoms with Gasteiger partial charge in [-0.05, 0) is 30.5 Å². The molecule has 0 saturated carbocycles. The Labute approximate surface area is 186 Å². The molecule has 0 aliphatic heterocycles. The van der Waals surface area contributed by atoms with E-state index in [1.54, 1.807) is 12.1 Å². The van der Waals surface area contributed by atoms with Crippen LogP contribution in [0.5, 0.6) is 0 Å². The summed E-state index contributed by atoms with van der Waals surface area (Å²) in [6.07, 6.45) is 0. The summed E-state index contributed by atoms with van der Waals surface area (Å²) < 4.78 is 6.38. The molecular formula is C21H30ClN5O4. The lowest BCUT2D eigenvalue weighted by Crippen LogP contribution is -2.46. The molecule has 2 rings (SSSR count). The highest BCUT2D eigenvalue weighted by Gasteiger charge is 2.24. The van der Waals surface area contributed by atoms with E-state index in [9.17, 15) is 14.4 Å². The van der Waals surface area contributed by atoms with Crippen LogP contribution in [0.1, 0.15) is 32.4 Å². The number of carbonyl (C=O) groups excluding carboxylic acids is 1. The molecule has 0 radical (unpaired) electrons. The van der Waals surface area contributed by atoms with Gasteiger partial charge in [0.05, 0.1) is 13.2 Å². The number of nitrogens with two attached hydrogens (primary N) is 1. The number of nitrogen functional groups attached to an aromatic ring is 1. The Kier molecular flexibility index (Phi) is 8.85.